The van der Waals surface area contributed by atoms with Crippen LogP contribution in [-0.4, -0.2) is 41.2 Å². The molecule has 0 aromatic heterocycles. The number of cyclic esters (lactones) is 1. The van der Waals surface area contributed by atoms with Gasteiger partial charge in [0.05, 0.1) is 12.0 Å². The molecule has 0 spiro atoms. The molecule has 8 heteroatoms. The molecular formula is C22H21F2NO4S. The van der Waals surface area contributed by atoms with Crippen LogP contribution in [0.4, 0.5) is 13.6 Å². The first-order chi connectivity index (χ1) is 14.3. The zero-order chi connectivity index (χ0) is 21.7. The lowest BCUT2D eigenvalue weighted by Gasteiger charge is -2.25. The van der Waals surface area contributed by atoms with E-state index in [4.69, 9.17) is 21.7 Å². The molecule has 1 saturated heterocycles. The minimum Gasteiger partial charge on any atom is -0.487 e. The van der Waals surface area contributed by atoms with E-state index >= 15 is 0 Å². The van der Waals surface area contributed by atoms with Crippen LogP contribution >= 0.6 is 12.2 Å². The van der Waals surface area contributed by atoms with Crippen molar-refractivity contribution in [1.82, 2.24) is 4.90 Å². The van der Waals surface area contributed by atoms with Gasteiger partial charge in [-0.05, 0) is 48.3 Å². The van der Waals surface area contributed by atoms with Crippen LogP contribution in [0.5, 0.6) is 0 Å². The van der Waals surface area contributed by atoms with Crippen LogP contribution in [0.15, 0.2) is 48.5 Å². The van der Waals surface area contributed by atoms with Crippen LogP contribution in [-0.2, 0) is 27.1 Å². The van der Waals surface area contributed by atoms with Gasteiger partial charge in [0.15, 0.2) is 16.7 Å². The second kappa shape index (κ2) is 9.75. The van der Waals surface area contributed by atoms with Crippen molar-refractivity contribution in [2.75, 3.05) is 13.2 Å². The summed E-state index contributed by atoms with van der Waals surface area (Å²) >= 11 is 4.92. The molecule has 0 bridgehead atoms. The minimum absolute atomic E-state index is 0.0560. The van der Waals surface area contributed by atoms with Crippen molar-refractivity contribution in [1.29, 1.82) is 0 Å². The molecule has 2 atom stereocenters. The molecule has 1 heterocycles. The number of thiocarbonyl (C=S) groups is 1. The summed E-state index contributed by atoms with van der Waals surface area (Å²) in [5, 5.41) is 0.239. The number of nitrogens with zero attached hydrogens (tertiary/aromatic N) is 1. The topological polar surface area (TPSA) is 55.8 Å². The van der Waals surface area contributed by atoms with Crippen LogP contribution in [0.2, 0.25) is 0 Å². The second-order valence-electron chi connectivity index (χ2n) is 7.08. The summed E-state index contributed by atoms with van der Waals surface area (Å²) in [5.74, 6) is -3.30. The number of benzene rings is 2. The van der Waals surface area contributed by atoms with E-state index in [-0.39, 0.29) is 24.7 Å². The van der Waals surface area contributed by atoms with Crippen molar-refractivity contribution in [2.24, 2.45) is 5.92 Å². The second-order valence-corrected chi connectivity index (χ2v) is 7.66. The SMILES string of the molecule is CC(=S)OC[C@@H](Cc1ccc(F)c(F)c1)C(=O)N1C(=O)OC[C@H]1Cc1ccccc1. The molecule has 5 nitrogen and oxygen atoms in total. The molecule has 0 radical (unpaired) electrons. The molecule has 0 aliphatic carbocycles. The summed E-state index contributed by atoms with van der Waals surface area (Å²) in [5.41, 5.74) is 1.37. The fourth-order valence-electron chi connectivity index (χ4n) is 3.35. The number of halogens is 2. The molecule has 0 saturated carbocycles. The predicted molar refractivity (Wildman–Crippen MR) is 110 cm³/mol. The van der Waals surface area contributed by atoms with Gasteiger partial charge in [0, 0.05) is 6.92 Å². The summed E-state index contributed by atoms with van der Waals surface area (Å²) in [4.78, 5) is 26.7. The van der Waals surface area contributed by atoms with E-state index in [0.717, 1.165) is 22.6 Å². The fourth-order valence-corrected chi connectivity index (χ4v) is 3.42. The van der Waals surface area contributed by atoms with Crippen LogP contribution in [0, 0.1) is 17.6 Å². The van der Waals surface area contributed by atoms with Gasteiger partial charge in [-0.2, -0.15) is 0 Å². The Balaban J connectivity index is 1.81. The summed E-state index contributed by atoms with van der Waals surface area (Å²) in [6.07, 6.45) is -0.223. The van der Waals surface area contributed by atoms with Crippen molar-refractivity contribution >= 4 is 29.3 Å². The lowest BCUT2D eigenvalue weighted by atomic mass is 9.97. The van der Waals surface area contributed by atoms with Gasteiger partial charge >= 0.3 is 6.09 Å². The molecular weight excluding hydrogens is 412 g/mol. The van der Waals surface area contributed by atoms with Crippen molar-refractivity contribution in [2.45, 2.75) is 25.8 Å². The summed E-state index contributed by atoms with van der Waals surface area (Å²) in [7, 11) is 0. The average molecular weight is 433 g/mol. The highest BCUT2D eigenvalue weighted by Crippen LogP contribution is 2.23. The Morgan fingerprint density at radius 2 is 1.93 bits per heavy atom. The van der Waals surface area contributed by atoms with Gasteiger partial charge in [-0.3, -0.25) is 4.79 Å². The molecule has 0 unspecified atom stereocenters. The third kappa shape index (κ3) is 5.38. The molecule has 1 aliphatic heterocycles. The molecule has 0 N–H and O–H groups in total. The van der Waals surface area contributed by atoms with Gasteiger partial charge in [0.25, 0.3) is 0 Å². The highest BCUT2D eigenvalue weighted by atomic mass is 32.1. The zero-order valence-corrected chi connectivity index (χ0v) is 17.2. The Labute approximate surface area is 178 Å². The van der Waals surface area contributed by atoms with Crippen molar-refractivity contribution < 1.29 is 27.8 Å². The van der Waals surface area contributed by atoms with E-state index < -0.39 is 35.6 Å². The minimum atomic E-state index is -1.01. The molecule has 1 fully saturated rings. The van der Waals surface area contributed by atoms with Crippen LogP contribution in [0.25, 0.3) is 0 Å². The van der Waals surface area contributed by atoms with Gasteiger partial charge in [-0.1, -0.05) is 36.4 Å². The van der Waals surface area contributed by atoms with E-state index in [0.29, 0.717) is 12.0 Å². The maximum absolute atomic E-state index is 13.6. The molecule has 30 heavy (non-hydrogen) atoms. The monoisotopic (exact) mass is 433 g/mol. The lowest BCUT2D eigenvalue weighted by Crippen LogP contribution is -2.45. The van der Waals surface area contributed by atoms with Crippen LogP contribution in [0.3, 0.4) is 0 Å². The van der Waals surface area contributed by atoms with Gasteiger partial charge in [0.2, 0.25) is 5.91 Å². The molecule has 1 aliphatic rings. The molecule has 2 aromatic rings. The van der Waals surface area contributed by atoms with E-state index in [1.807, 2.05) is 30.3 Å². The smallest absolute Gasteiger partial charge is 0.416 e. The molecule has 3 rings (SSSR count). The third-order valence-electron chi connectivity index (χ3n) is 4.82. The quantitative estimate of drug-likeness (QED) is 0.616. The van der Waals surface area contributed by atoms with Crippen LogP contribution < -0.4 is 0 Å². The molecule has 2 aromatic carbocycles. The first-order valence-electron chi connectivity index (χ1n) is 9.46. The van der Waals surface area contributed by atoms with E-state index in [1.54, 1.807) is 6.92 Å². The summed E-state index contributed by atoms with van der Waals surface area (Å²) in [6, 6.07) is 12.4. The Hall–Kier alpha value is -2.87. The summed E-state index contributed by atoms with van der Waals surface area (Å²) in [6.45, 7) is 1.57. The van der Waals surface area contributed by atoms with Gasteiger partial charge in [0.1, 0.15) is 13.2 Å². The number of hydrogen-bond donors (Lipinski definition) is 0. The zero-order valence-electron chi connectivity index (χ0n) is 16.3. The number of hydrogen-bond acceptors (Lipinski definition) is 5. The number of imide groups is 1. The standard InChI is InChI=1S/C22H21F2NO4S/c1-14(30)28-12-17(9-16-7-8-19(23)20(24)11-16)21(26)25-18(13-29-22(25)27)10-15-5-3-2-4-6-15/h2-8,11,17-18H,9-10,12-13H2,1H3/t17-,18-/m1/s1. The Kier molecular flexibility index (Phi) is 7.10. The highest BCUT2D eigenvalue weighted by molar-refractivity contribution is 7.80. The largest absolute Gasteiger partial charge is 0.487 e. The van der Waals surface area contributed by atoms with Crippen molar-refractivity contribution in [3.05, 3.63) is 71.3 Å². The number of carbonyl (C=O) groups excluding carboxylic acids is 2. The maximum atomic E-state index is 13.6. The predicted octanol–water partition coefficient (Wildman–Crippen LogP) is 4.08. The van der Waals surface area contributed by atoms with E-state index in [9.17, 15) is 18.4 Å². The fraction of sp³-hybridized carbons (Fsp3) is 0.318. The summed E-state index contributed by atoms with van der Waals surface area (Å²) < 4.78 is 37.4. The Bertz CT molecular complexity index is 938. The first-order valence-corrected chi connectivity index (χ1v) is 9.87. The third-order valence-corrected chi connectivity index (χ3v) is 4.93. The number of rotatable bonds is 7. The van der Waals surface area contributed by atoms with E-state index in [1.165, 1.54) is 6.07 Å². The first kappa shape index (κ1) is 21.8. The Morgan fingerprint density at radius 3 is 2.60 bits per heavy atom. The van der Waals surface area contributed by atoms with Crippen molar-refractivity contribution in [3.8, 4) is 0 Å². The van der Waals surface area contributed by atoms with Gasteiger partial charge in [-0.15, -0.1) is 0 Å². The van der Waals surface area contributed by atoms with Gasteiger partial charge < -0.3 is 9.47 Å². The Morgan fingerprint density at radius 1 is 1.20 bits per heavy atom. The van der Waals surface area contributed by atoms with Crippen LogP contribution in [0.1, 0.15) is 18.1 Å². The average Bonchev–Trinajstić information content (AvgIpc) is 3.08. The van der Waals surface area contributed by atoms with Gasteiger partial charge in [-0.25, -0.2) is 18.5 Å². The highest BCUT2D eigenvalue weighted by Gasteiger charge is 2.41. The van der Waals surface area contributed by atoms with E-state index in [2.05, 4.69) is 0 Å². The maximum Gasteiger partial charge on any atom is 0.416 e. The normalized spacial score (nSPS) is 16.8. The molecule has 2 amide bonds. The lowest BCUT2D eigenvalue weighted by molar-refractivity contribution is -0.134. The number of carbonyl (C=O) groups is 2. The molecule has 158 valence electrons. The number of amides is 2. The van der Waals surface area contributed by atoms with Crippen molar-refractivity contribution in [3.63, 3.8) is 0 Å². The number of ether oxygens (including phenoxy) is 2.